The molecule has 3 nitrogen and oxygen atoms in total. The van der Waals surface area contributed by atoms with Gasteiger partial charge < -0.3 is 9.47 Å². The van der Waals surface area contributed by atoms with Crippen LogP contribution in [-0.4, -0.2) is 24.8 Å². The van der Waals surface area contributed by atoms with Gasteiger partial charge in [0.25, 0.3) is 0 Å². The number of ether oxygens (including phenoxy) is 2. The molecule has 128 valence electrons. The molecule has 0 aromatic heterocycles. The molecule has 0 bridgehead atoms. The van der Waals surface area contributed by atoms with Gasteiger partial charge in [0.05, 0.1) is 13.2 Å². The zero-order chi connectivity index (χ0) is 16.5. The smallest absolute Gasteiger partial charge is 0.173 e. The van der Waals surface area contributed by atoms with Crippen LogP contribution in [0.3, 0.4) is 0 Å². The molecule has 4 aliphatic rings. The number of rotatable bonds is 0. The van der Waals surface area contributed by atoms with Crippen LogP contribution in [0.4, 0.5) is 0 Å². The summed E-state index contributed by atoms with van der Waals surface area (Å²) in [4.78, 5) is 12.2. The minimum Gasteiger partial charge on any atom is -0.347 e. The van der Waals surface area contributed by atoms with Crippen molar-refractivity contribution in [3.63, 3.8) is 0 Å². The molecule has 1 heterocycles. The number of carbonyl (C=O) groups is 1. The molecule has 0 aromatic carbocycles. The normalized spacial score (nSPS) is 44.6. The summed E-state index contributed by atoms with van der Waals surface area (Å²) in [6.07, 6.45) is 8.16. The third kappa shape index (κ3) is 1.93. The highest BCUT2D eigenvalue weighted by Gasteiger charge is 2.65. The maximum Gasteiger partial charge on any atom is 0.173 e. The van der Waals surface area contributed by atoms with Crippen molar-refractivity contribution in [1.29, 1.82) is 0 Å². The van der Waals surface area contributed by atoms with Crippen molar-refractivity contribution in [2.24, 2.45) is 22.2 Å². The molecule has 3 atom stereocenters. The van der Waals surface area contributed by atoms with E-state index in [2.05, 4.69) is 27.7 Å². The second kappa shape index (κ2) is 4.70. The van der Waals surface area contributed by atoms with Crippen LogP contribution in [0, 0.1) is 22.2 Å². The Hall–Kier alpha value is -0.670. The monoisotopic (exact) mass is 318 g/mol. The molecule has 3 fully saturated rings. The predicted octanol–water partition coefficient (Wildman–Crippen LogP) is 4.26. The van der Waals surface area contributed by atoms with E-state index in [-0.39, 0.29) is 16.2 Å². The minimum absolute atomic E-state index is 0.0286. The molecule has 2 saturated carbocycles. The Kier molecular flexibility index (Phi) is 3.23. The Balaban J connectivity index is 1.79. The van der Waals surface area contributed by atoms with Gasteiger partial charge >= 0.3 is 0 Å². The van der Waals surface area contributed by atoms with E-state index < -0.39 is 5.79 Å². The topological polar surface area (TPSA) is 35.5 Å². The van der Waals surface area contributed by atoms with E-state index >= 15 is 0 Å². The molecule has 4 rings (SSSR count). The minimum atomic E-state index is -0.413. The molecule has 0 aromatic rings. The fourth-order valence-corrected chi connectivity index (χ4v) is 6.47. The van der Waals surface area contributed by atoms with Gasteiger partial charge in [-0.1, -0.05) is 33.3 Å². The quantitative estimate of drug-likeness (QED) is 0.669. The molecule has 0 N–H and O–H groups in total. The van der Waals surface area contributed by atoms with Crippen LogP contribution in [-0.2, 0) is 14.3 Å². The van der Waals surface area contributed by atoms with E-state index in [0.717, 1.165) is 25.7 Å². The number of hydrogen-bond donors (Lipinski definition) is 0. The fourth-order valence-electron chi connectivity index (χ4n) is 6.47. The summed E-state index contributed by atoms with van der Waals surface area (Å²) in [6.45, 7) is 10.9. The maximum absolute atomic E-state index is 12.2. The van der Waals surface area contributed by atoms with Crippen LogP contribution in [0.2, 0.25) is 0 Å². The summed E-state index contributed by atoms with van der Waals surface area (Å²) in [6, 6.07) is 0. The fraction of sp³-hybridized carbons (Fsp3) is 0.850. The lowest BCUT2D eigenvalue weighted by atomic mass is 9.43. The summed E-state index contributed by atoms with van der Waals surface area (Å²) in [7, 11) is 0. The summed E-state index contributed by atoms with van der Waals surface area (Å²) >= 11 is 0. The molecule has 1 unspecified atom stereocenters. The third-order valence-electron chi connectivity index (χ3n) is 7.83. The van der Waals surface area contributed by atoms with Crippen LogP contribution in [0.25, 0.3) is 0 Å². The van der Waals surface area contributed by atoms with Crippen LogP contribution < -0.4 is 0 Å². The Morgan fingerprint density at radius 1 is 1.00 bits per heavy atom. The third-order valence-corrected chi connectivity index (χ3v) is 7.83. The SMILES string of the molecule is CC12CCC3(OCCO3)C(C)(C)[C@@H]1CC[C@@]1(C)CCC(=O)C=C21. The Labute approximate surface area is 139 Å². The van der Waals surface area contributed by atoms with Gasteiger partial charge in [0.2, 0.25) is 0 Å². The van der Waals surface area contributed by atoms with E-state index in [0.29, 0.717) is 24.9 Å². The summed E-state index contributed by atoms with van der Waals surface area (Å²) < 4.78 is 12.3. The van der Waals surface area contributed by atoms with Gasteiger partial charge in [-0.2, -0.15) is 0 Å². The highest BCUT2D eigenvalue weighted by Crippen LogP contribution is 2.68. The lowest BCUT2D eigenvalue weighted by molar-refractivity contribution is -0.285. The molecule has 0 radical (unpaired) electrons. The molecule has 1 aliphatic heterocycles. The van der Waals surface area contributed by atoms with E-state index in [1.807, 2.05) is 6.08 Å². The first-order valence-corrected chi connectivity index (χ1v) is 9.27. The molecule has 3 heteroatoms. The lowest BCUT2D eigenvalue weighted by Gasteiger charge is -2.64. The van der Waals surface area contributed by atoms with Gasteiger partial charge in [-0.25, -0.2) is 0 Å². The predicted molar refractivity (Wildman–Crippen MR) is 88.9 cm³/mol. The van der Waals surface area contributed by atoms with E-state index in [1.165, 1.54) is 18.4 Å². The van der Waals surface area contributed by atoms with Gasteiger partial charge in [-0.3, -0.25) is 4.79 Å². The highest BCUT2D eigenvalue weighted by atomic mass is 16.7. The van der Waals surface area contributed by atoms with Gasteiger partial charge in [0.1, 0.15) is 0 Å². The Morgan fingerprint density at radius 3 is 2.39 bits per heavy atom. The maximum atomic E-state index is 12.2. The van der Waals surface area contributed by atoms with Crippen LogP contribution in [0.1, 0.15) is 66.2 Å². The first-order valence-electron chi connectivity index (χ1n) is 9.27. The van der Waals surface area contributed by atoms with E-state index in [9.17, 15) is 4.79 Å². The van der Waals surface area contributed by atoms with Gasteiger partial charge in [0.15, 0.2) is 11.6 Å². The standard InChI is InChI=1S/C20H30O3/c1-17(2)15-6-8-18(3)7-5-14(21)13-16(18)19(15,4)9-10-20(17)22-11-12-23-20/h13,15H,5-12H2,1-4H3/t15-,18+,19?/m0/s1. The van der Waals surface area contributed by atoms with Crippen molar-refractivity contribution in [2.75, 3.05) is 13.2 Å². The van der Waals surface area contributed by atoms with E-state index in [4.69, 9.17) is 9.47 Å². The molecule has 1 saturated heterocycles. The van der Waals surface area contributed by atoms with Gasteiger partial charge in [-0.15, -0.1) is 0 Å². The van der Waals surface area contributed by atoms with Crippen molar-refractivity contribution >= 4 is 5.78 Å². The van der Waals surface area contributed by atoms with Crippen LogP contribution in [0.15, 0.2) is 11.6 Å². The zero-order valence-corrected chi connectivity index (χ0v) is 15.0. The number of hydrogen-bond acceptors (Lipinski definition) is 3. The Bertz CT molecular complexity index is 569. The first-order chi connectivity index (χ1) is 10.7. The molecule has 3 aliphatic carbocycles. The number of ketones is 1. The number of fused-ring (bicyclic) bond motifs is 3. The second-order valence-electron chi connectivity index (χ2n) is 9.27. The van der Waals surface area contributed by atoms with E-state index in [1.54, 1.807) is 0 Å². The average molecular weight is 318 g/mol. The van der Waals surface area contributed by atoms with Gasteiger partial charge in [-0.05, 0) is 48.5 Å². The summed E-state index contributed by atoms with van der Waals surface area (Å²) in [5, 5.41) is 0. The molecular weight excluding hydrogens is 288 g/mol. The van der Waals surface area contributed by atoms with Crippen molar-refractivity contribution in [2.45, 2.75) is 72.0 Å². The lowest BCUT2D eigenvalue weighted by Crippen LogP contribution is -2.61. The molecule has 1 spiro atoms. The zero-order valence-electron chi connectivity index (χ0n) is 15.0. The number of carbonyl (C=O) groups excluding carboxylic acids is 1. The Morgan fingerprint density at radius 2 is 1.70 bits per heavy atom. The van der Waals surface area contributed by atoms with Gasteiger partial charge in [0, 0.05) is 18.3 Å². The largest absolute Gasteiger partial charge is 0.347 e. The second-order valence-corrected chi connectivity index (χ2v) is 9.27. The summed E-state index contributed by atoms with van der Waals surface area (Å²) in [5.74, 6) is 0.419. The van der Waals surface area contributed by atoms with Crippen molar-refractivity contribution < 1.29 is 14.3 Å². The number of allylic oxidation sites excluding steroid dienone is 2. The molecule has 23 heavy (non-hydrogen) atoms. The van der Waals surface area contributed by atoms with Crippen LogP contribution in [0.5, 0.6) is 0 Å². The van der Waals surface area contributed by atoms with Crippen molar-refractivity contribution in [3.8, 4) is 0 Å². The summed E-state index contributed by atoms with van der Waals surface area (Å²) in [5.41, 5.74) is 1.72. The molecule has 0 amide bonds. The van der Waals surface area contributed by atoms with Crippen molar-refractivity contribution in [1.82, 2.24) is 0 Å². The molecular formula is C20H30O3. The van der Waals surface area contributed by atoms with Crippen LogP contribution >= 0.6 is 0 Å². The first kappa shape index (κ1) is 15.8. The van der Waals surface area contributed by atoms with Crippen molar-refractivity contribution in [3.05, 3.63) is 11.6 Å². The average Bonchev–Trinajstić information content (AvgIpc) is 2.96. The highest BCUT2D eigenvalue weighted by molar-refractivity contribution is 5.92.